The molecule has 0 aliphatic rings. The number of hydrogen-bond acceptors (Lipinski definition) is 5. The molecule has 2 heterocycles. The highest BCUT2D eigenvalue weighted by atomic mass is 32.1. The Bertz CT molecular complexity index is 1290. The second kappa shape index (κ2) is 8.27. The zero-order valence-electron chi connectivity index (χ0n) is 17.2. The summed E-state index contributed by atoms with van der Waals surface area (Å²) in [7, 11) is 0. The second-order valence-corrected chi connectivity index (χ2v) is 8.18. The third kappa shape index (κ3) is 4.46. The second-order valence-electron chi connectivity index (χ2n) is 7.15. The summed E-state index contributed by atoms with van der Waals surface area (Å²) in [6.07, 6.45) is 0.145. The average Bonchev–Trinajstić information content (AvgIpc) is 3.22. The van der Waals surface area contributed by atoms with Gasteiger partial charge < -0.3 is 10.6 Å². The topological polar surface area (TPSA) is 88.9 Å². The van der Waals surface area contributed by atoms with E-state index in [1.54, 1.807) is 28.9 Å². The van der Waals surface area contributed by atoms with Crippen molar-refractivity contribution in [3.8, 4) is 5.69 Å². The zero-order valence-corrected chi connectivity index (χ0v) is 18.0. The number of nitrogens with zero attached hydrogens (tertiary/aromatic N) is 3. The predicted octanol–water partition coefficient (Wildman–Crippen LogP) is 4.38. The van der Waals surface area contributed by atoms with Crippen LogP contribution in [-0.4, -0.2) is 26.6 Å². The molecule has 2 aromatic heterocycles. The molecule has 0 spiro atoms. The highest BCUT2D eigenvalue weighted by molar-refractivity contribution is 7.22. The van der Waals surface area contributed by atoms with E-state index in [4.69, 9.17) is 0 Å². The van der Waals surface area contributed by atoms with Crippen LogP contribution in [0.1, 0.15) is 23.9 Å². The summed E-state index contributed by atoms with van der Waals surface area (Å²) in [6.45, 7) is 5.18. The molecule has 0 saturated carbocycles. The van der Waals surface area contributed by atoms with E-state index in [2.05, 4.69) is 20.7 Å². The van der Waals surface area contributed by atoms with Crippen molar-refractivity contribution >= 4 is 44.2 Å². The van der Waals surface area contributed by atoms with Crippen LogP contribution in [-0.2, 0) is 16.0 Å². The molecule has 31 heavy (non-hydrogen) atoms. The van der Waals surface area contributed by atoms with Crippen molar-refractivity contribution in [2.75, 3.05) is 10.6 Å². The fraction of sp³-hybridized carbons (Fsp3) is 0.182. The van der Waals surface area contributed by atoms with Crippen LogP contribution in [0.2, 0.25) is 0 Å². The Morgan fingerprint density at radius 2 is 1.84 bits per heavy atom. The summed E-state index contributed by atoms with van der Waals surface area (Å²) in [4.78, 5) is 28.3. The molecule has 158 valence electrons. The van der Waals surface area contributed by atoms with Crippen LogP contribution in [0.3, 0.4) is 0 Å². The van der Waals surface area contributed by atoms with E-state index < -0.39 is 0 Å². The van der Waals surface area contributed by atoms with Gasteiger partial charge in [-0.2, -0.15) is 5.10 Å². The van der Waals surface area contributed by atoms with Crippen molar-refractivity contribution in [1.82, 2.24) is 14.8 Å². The van der Waals surface area contributed by atoms with Gasteiger partial charge in [-0.3, -0.25) is 9.59 Å². The van der Waals surface area contributed by atoms with Crippen LogP contribution < -0.4 is 10.6 Å². The predicted molar refractivity (Wildman–Crippen MR) is 119 cm³/mol. The highest BCUT2D eigenvalue weighted by Crippen LogP contribution is 2.29. The minimum atomic E-state index is -0.315. The van der Waals surface area contributed by atoms with Gasteiger partial charge in [0.1, 0.15) is 5.82 Å². The number of aromatic nitrogens is 3. The standard InChI is InChI=1S/C22H20FN5O2S/c1-12-18(13(2)28(27-12)17-7-4-15(23)5-8-17)11-21(30)26-22-25-19-9-6-16(24-14(3)29)10-20(19)31-22/h4-10H,11H2,1-3H3,(H,24,29)(H,25,26,30). The smallest absolute Gasteiger partial charge is 0.230 e. The largest absolute Gasteiger partial charge is 0.326 e. The van der Waals surface area contributed by atoms with Crippen molar-refractivity contribution < 1.29 is 14.0 Å². The van der Waals surface area contributed by atoms with E-state index in [-0.39, 0.29) is 24.1 Å². The van der Waals surface area contributed by atoms with Gasteiger partial charge in [0, 0.05) is 23.9 Å². The Kier molecular flexibility index (Phi) is 5.51. The molecule has 0 unspecified atom stereocenters. The fourth-order valence-corrected chi connectivity index (χ4v) is 4.27. The minimum Gasteiger partial charge on any atom is -0.326 e. The minimum absolute atomic E-state index is 0.145. The molecule has 4 aromatic rings. The molecular formula is C22H20FN5O2S. The van der Waals surface area contributed by atoms with Crippen LogP contribution >= 0.6 is 11.3 Å². The van der Waals surface area contributed by atoms with E-state index in [0.29, 0.717) is 10.8 Å². The van der Waals surface area contributed by atoms with Crippen molar-refractivity contribution in [3.63, 3.8) is 0 Å². The van der Waals surface area contributed by atoms with Gasteiger partial charge in [0.05, 0.1) is 28.0 Å². The van der Waals surface area contributed by atoms with Crippen molar-refractivity contribution in [2.24, 2.45) is 0 Å². The first kappa shape index (κ1) is 20.7. The molecule has 4 rings (SSSR count). The van der Waals surface area contributed by atoms with Gasteiger partial charge in [0.2, 0.25) is 11.8 Å². The lowest BCUT2D eigenvalue weighted by molar-refractivity contribution is -0.116. The maximum absolute atomic E-state index is 13.2. The van der Waals surface area contributed by atoms with Crippen molar-refractivity contribution in [1.29, 1.82) is 0 Å². The molecule has 0 radical (unpaired) electrons. The summed E-state index contributed by atoms with van der Waals surface area (Å²) >= 11 is 1.34. The molecule has 0 saturated heterocycles. The molecule has 2 N–H and O–H groups in total. The lowest BCUT2D eigenvalue weighted by atomic mass is 10.1. The molecule has 7 nitrogen and oxygen atoms in total. The molecule has 0 fully saturated rings. The average molecular weight is 438 g/mol. The lowest BCUT2D eigenvalue weighted by Crippen LogP contribution is -2.15. The number of amides is 2. The first-order chi connectivity index (χ1) is 14.8. The van der Waals surface area contributed by atoms with Crippen LogP contribution in [0, 0.1) is 19.7 Å². The van der Waals surface area contributed by atoms with Crippen LogP contribution in [0.25, 0.3) is 15.9 Å². The van der Waals surface area contributed by atoms with Crippen LogP contribution in [0.5, 0.6) is 0 Å². The van der Waals surface area contributed by atoms with E-state index in [1.807, 2.05) is 19.9 Å². The summed E-state index contributed by atoms with van der Waals surface area (Å²) in [5, 5.41) is 10.6. The molecule has 0 bridgehead atoms. The quantitative estimate of drug-likeness (QED) is 0.485. The number of rotatable bonds is 5. The number of anilines is 2. The van der Waals surface area contributed by atoms with E-state index in [0.717, 1.165) is 32.9 Å². The summed E-state index contributed by atoms with van der Waals surface area (Å²) in [5.74, 6) is -0.666. The van der Waals surface area contributed by atoms with Gasteiger partial charge in [-0.05, 0) is 56.3 Å². The lowest BCUT2D eigenvalue weighted by Gasteiger charge is -2.05. The van der Waals surface area contributed by atoms with Crippen molar-refractivity contribution in [2.45, 2.75) is 27.2 Å². The molecule has 0 atom stereocenters. The summed E-state index contributed by atoms with van der Waals surface area (Å²) < 4.78 is 15.8. The first-order valence-electron chi connectivity index (χ1n) is 9.59. The molecule has 0 aliphatic carbocycles. The van der Waals surface area contributed by atoms with Gasteiger partial charge in [-0.1, -0.05) is 11.3 Å². The van der Waals surface area contributed by atoms with Gasteiger partial charge in [-0.25, -0.2) is 14.1 Å². The van der Waals surface area contributed by atoms with E-state index in [1.165, 1.54) is 30.4 Å². The third-order valence-electron chi connectivity index (χ3n) is 4.80. The fourth-order valence-electron chi connectivity index (χ4n) is 3.35. The number of hydrogen-bond donors (Lipinski definition) is 2. The van der Waals surface area contributed by atoms with E-state index in [9.17, 15) is 14.0 Å². The Morgan fingerprint density at radius 3 is 2.55 bits per heavy atom. The van der Waals surface area contributed by atoms with Crippen molar-refractivity contribution in [3.05, 3.63) is 65.2 Å². The summed E-state index contributed by atoms with van der Waals surface area (Å²) in [5.41, 5.74) is 4.53. The number of halogens is 1. The number of thiazole rings is 1. The monoisotopic (exact) mass is 437 g/mol. The Balaban J connectivity index is 1.51. The Hall–Kier alpha value is -3.59. The molecule has 2 aromatic carbocycles. The number of carbonyl (C=O) groups excluding carboxylic acids is 2. The van der Waals surface area contributed by atoms with Gasteiger partial charge in [0.25, 0.3) is 0 Å². The van der Waals surface area contributed by atoms with Crippen LogP contribution in [0.15, 0.2) is 42.5 Å². The molecule has 2 amide bonds. The third-order valence-corrected chi connectivity index (χ3v) is 5.74. The number of carbonyl (C=O) groups is 2. The molecule has 9 heteroatoms. The van der Waals surface area contributed by atoms with Crippen LogP contribution in [0.4, 0.5) is 15.2 Å². The van der Waals surface area contributed by atoms with Gasteiger partial charge in [0.15, 0.2) is 5.13 Å². The number of fused-ring (bicyclic) bond motifs is 1. The number of nitrogens with one attached hydrogen (secondary N) is 2. The first-order valence-corrected chi connectivity index (χ1v) is 10.4. The van der Waals surface area contributed by atoms with Gasteiger partial charge in [-0.15, -0.1) is 0 Å². The number of aryl methyl sites for hydroxylation is 1. The maximum Gasteiger partial charge on any atom is 0.230 e. The number of benzene rings is 2. The van der Waals surface area contributed by atoms with E-state index >= 15 is 0 Å². The van der Waals surface area contributed by atoms with Gasteiger partial charge >= 0.3 is 0 Å². The zero-order chi connectivity index (χ0) is 22.1. The normalized spacial score (nSPS) is 11.0. The maximum atomic E-state index is 13.2. The SMILES string of the molecule is CC(=O)Nc1ccc2nc(NC(=O)Cc3c(C)nn(-c4ccc(F)cc4)c3C)sc2c1. The highest BCUT2D eigenvalue weighted by Gasteiger charge is 2.17. The summed E-state index contributed by atoms with van der Waals surface area (Å²) in [6, 6.07) is 11.4. The molecule has 0 aliphatic heterocycles. The Labute approximate surface area is 181 Å². The Morgan fingerprint density at radius 1 is 1.10 bits per heavy atom. The molecular weight excluding hydrogens is 417 g/mol.